The van der Waals surface area contributed by atoms with Crippen LogP contribution in [0, 0.1) is 36.8 Å². The molecule has 6 rings (SSSR count). The first kappa shape index (κ1) is 32.7. The number of hydrogen-bond acceptors (Lipinski definition) is 0. The summed E-state index contributed by atoms with van der Waals surface area (Å²) >= 11 is 2.03. The van der Waals surface area contributed by atoms with Gasteiger partial charge < -0.3 is 0 Å². The fourth-order valence-corrected chi connectivity index (χ4v) is 4.01. The van der Waals surface area contributed by atoms with E-state index in [0.717, 1.165) is 11.8 Å². The van der Waals surface area contributed by atoms with Gasteiger partial charge in [0.1, 0.15) is 0 Å². The molecular formula is C30H36Cl2SiTi-4. The zero-order chi connectivity index (χ0) is 22.7. The molecule has 0 radical (unpaired) electrons. The minimum absolute atomic E-state index is 0. The van der Waals surface area contributed by atoms with Gasteiger partial charge in [0.2, 0.25) is 0 Å². The van der Waals surface area contributed by atoms with E-state index >= 15 is 0 Å². The maximum Gasteiger partial charge on any atom is -0.171 e. The van der Waals surface area contributed by atoms with Crippen molar-refractivity contribution in [3.63, 3.8) is 0 Å². The number of halogens is 2. The standard InChI is InChI=1S/2C9H11.2C6H5.2ClH.H2Si.Ti/c2*1-2-5-9-7-3-6-8(9)4-1;2*1-2-4-6-5-3-1;;;;/h2*1-2,4,6,9H,3,5,7H2;2*1-5H;2*1H;1H2;/q4*-1;;;;. The van der Waals surface area contributed by atoms with E-state index in [-0.39, 0.29) is 24.8 Å². The summed E-state index contributed by atoms with van der Waals surface area (Å²) in [4.78, 5) is 0. The van der Waals surface area contributed by atoms with Crippen molar-refractivity contribution in [3.05, 3.63) is 133 Å². The van der Waals surface area contributed by atoms with Crippen LogP contribution in [0.4, 0.5) is 0 Å². The largest absolute Gasteiger partial charge is 0.184 e. The van der Waals surface area contributed by atoms with Gasteiger partial charge >= 0.3 is 26.8 Å². The quantitative estimate of drug-likeness (QED) is 0.234. The molecule has 4 aliphatic carbocycles. The van der Waals surface area contributed by atoms with Crippen LogP contribution in [-0.2, 0) is 19.2 Å². The van der Waals surface area contributed by atoms with Crippen molar-refractivity contribution in [1.29, 1.82) is 0 Å². The van der Waals surface area contributed by atoms with Gasteiger partial charge in [-0.05, 0) is 24.7 Å². The van der Waals surface area contributed by atoms with Gasteiger partial charge in [-0.2, -0.15) is 72.8 Å². The van der Waals surface area contributed by atoms with E-state index in [1.807, 2.05) is 87.5 Å². The molecule has 2 aromatic carbocycles. The van der Waals surface area contributed by atoms with E-state index in [1.165, 1.54) is 38.5 Å². The molecular weight excluding hydrogens is 507 g/mol. The fourth-order valence-electron chi connectivity index (χ4n) is 4.01. The predicted octanol–water partition coefficient (Wildman–Crippen LogP) is 7.87. The maximum atomic E-state index is 2.89. The average molecular weight is 543 g/mol. The second-order valence-electron chi connectivity index (χ2n) is 7.77. The van der Waals surface area contributed by atoms with Crippen LogP contribution in [0.1, 0.15) is 38.5 Å². The molecule has 2 atom stereocenters. The van der Waals surface area contributed by atoms with Crippen LogP contribution in [0.5, 0.6) is 0 Å². The van der Waals surface area contributed by atoms with Crippen molar-refractivity contribution < 1.29 is 19.2 Å². The van der Waals surface area contributed by atoms with Crippen molar-refractivity contribution in [2.75, 3.05) is 0 Å². The number of fused-ring (bicyclic) bond motifs is 2. The molecule has 34 heavy (non-hydrogen) atoms. The summed E-state index contributed by atoms with van der Waals surface area (Å²) in [5.74, 6) is 1.77. The topological polar surface area (TPSA) is 0 Å². The molecule has 182 valence electrons. The molecule has 0 amide bonds. The van der Waals surface area contributed by atoms with Crippen LogP contribution in [0.15, 0.2) is 108 Å². The molecule has 0 aromatic heterocycles. The Hall–Kier alpha value is -1.35. The molecule has 2 unspecified atom stereocenters. The van der Waals surface area contributed by atoms with Gasteiger partial charge in [-0.25, -0.2) is 36.1 Å². The van der Waals surface area contributed by atoms with E-state index in [9.17, 15) is 0 Å². The zero-order valence-electron chi connectivity index (χ0n) is 19.8. The molecule has 0 saturated heterocycles. The molecule has 0 nitrogen and oxygen atoms in total. The van der Waals surface area contributed by atoms with Crippen molar-refractivity contribution in [1.82, 2.24) is 0 Å². The van der Waals surface area contributed by atoms with Gasteiger partial charge in [0.05, 0.1) is 0 Å². The van der Waals surface area contributed by atoms with E-state index < -0.39 is 0 Å². The summed E-state index contributed by atoms with van der Waals surface area (Å²) in [5.41, 5.74) is 3.16. The predicted molar refractivity (Wildman–Crippen MR) is 151 cm³/mol. The molecule has 0 bridgehead atoms. The van der Waals surface area contributed by atoms with Crippen molar-refractivity contribution in [2.24, 2.45) is 11.8 Å². The molecule has 0 N–H and O–H groups in total. The Bertz CT molecular complexity index is 722. The van der Waals surface area contributed by atoms with E-state index in [2.05, 4.69) is 61.4 Å². The second-order valence-corrected chi connectivity index (χ2v) is 7.77. The summed E-state index contributed by atoms with van der Waals surface area (Å²) < 4.78 is 0. The normalized spacial score (nSPS) is 19.4. The number of hydrogen-bond donors (Lipinski definition) is 0. The summed E-state index contributed by atoms with van der Waals surface area (Å²) in [6.45, 7) is 0. The van der Waals surface area contributed by atoms with Crippen LogP contribution in [-0.4, -0.2) is 7.63 Å². The molecule has 0 spiro atoms. The average Bonchev–Trinajstić information content (AvgIpc) is 3.58. The van der Waals surface area contributed by atoms with Crippen LogP contribution < -0.4 is 0 Å². The summed E-state index contributed by atoms with van der Waals surface area (Å²) in [6, 6.07) is 25.0. The van der Waals surface area contributed by atoms with Crippen molar-refractivity contribution in [2.45, 2.75) is 38.5 Å². The Morgan fingerprint density at radius 3 is 1.29 bits per heavy atom. The Balaban J connectivity index is 0.000000416. The minimum atomic E-state index is 0. The summed E-state index contributed by atoms with van der Waals surface area (Å²) in [7, 11) is 1.86. The van der Waals surface area contributed by atoms with Gasteiger partial charge in [-0.3, -0.25) is 0 Å². The first-order chi connectivity index (χ1) is 15.9. The first-order valence-electron chi connectivity index (χ1n) is 11.5. The van der Waals surface area contributed by atoms with Gasteiger partial charge in [0.25, 0.3) is 0 Å². The van der Waals surface area contributed by atoms with Crippen molar-refractivity contribution >= 4 is 32.4 Å². The third kappa shape index (κ3) is 13.5. The smallest absolute Gasteiger partial charge is 0.171 e. The van der Waals surface area contributed by atoms with Gasteiger partial charge in [0, 0.05) is 0 Å². The molecule has 2 fully saturated rings. The monoisotopic (exact) mass is 542 g/mol. The Kier molecular flexibility index (Phi) is 21.3. The third-order valence-electron chi connectivity index (χ3n) is 5.64. The Labute approximate surface area is 233 Å². The van der Waals surface area contributed by atoms with E-state index in [4.69, 9.17) is 0 Å². The minimum Gasteiger partial charge on any atom is -0.184 e. The van der Waals surface area contributed by atoms with Gasteiger partial charge in [-0.1, -0.05) is 12.8 Å². The van der Waals surface area contributed by atoms with Crippen molar-refractivity contribution in [3.8, 4) is 0 Å². The fraction of sp³-hybridized carbons (Fsp3) is 0.267. The molecule has 2 aromatic rings. The van der Waals surface area contributed by atoms with E-state index in [1.54, 1.807) is 11.1 Å². The number of allylic oxidation sites excluding steroid dienone is 8. The first-order valence-corrected chi connectivity index (χ1v) is 15.5. The Morgan fingerprint density at radius 2 is 1.03 bits per heavy atom. The van der Waals surface area contributed by atoms with Crippen LogP contribution in [0.3, 0.4) is 0 Å². The van der Waals surface area contributed by atoms with Crippen LogP contribution >= 0.6 is 24.8 Å². The third-order valence-corrected chi connectivity index (χ3v) is 5.64. The van der Waals surface area contributed by atoms with Crippen LogP contribution in [0.25, 0.3) is 0 Å². The number of rotatable bonds is 0. The maximum absolute atomic E-state index is 2.89. The SMILES string of the molecule is C1=CCC2CC[CH-]C2=C1.C1=CCC2CC[CH-]C2=C1.Cl.Cl.[SiH2]=[Ti].[c-]1ccccc1.[c-]1ccccc1. The zero-order valence-corrected chi connectivity index (χ0v) is 24.4. The van der Waals surface area contributed by atoms with Crippen LogP contribution in [0.2, 0.25) is 0 Å². The summed E-state index contributed by atoms with van der Waals surface area (Å²) in [5, 5.41) is 0. The Morgan fingerprint density at radius 1 is 0.647 bits per heavy atom. The van der Waals surface area contributed by atoms with Gasteiger partial charge in [0.15, 0.2) is 0 Å². The summed E-state index contributed by atoms with van der Waals surface area (Å²) in [6.07, 6.45) is 26.1. The second kappa shape index (κ2) is 22.1. The number of benzene rings is 2. The molecule has 0 heterocycles. The molecule has 4 aliphatic rings. The molecule has 2 saturated carbocycles. The molecule has 0 aliphatic heterocycles. The van der Waals surface area contributed by atoms with Gasteiger partial charge in [-0.15, -0.1) is 62.0 Å². The van der Waals surface area contributed by atoms with E-state index in [0.29, 0.717) is 0 Å². The molecule has 4 heteroatoms.